The molecule has 3 heterocycles. The van der Waals surface area contributed by atoms with Crippen LogP contribution in [-0.4, -0.2) is 44.8 Å². The third-order valence-electron chi connectivity index (χ3n) is 5.20. The summed E-state index contributed by atoms with van der Waals surface area (Å²) in [5.41, 5.74) is 2.57. The van der Waals surface area contributed by atoms with Crippen molar-refractivity contribution in [3.05, 3.63) is 47.7 Å². The first-order chi connectivity index (χ1) is 13.7. The van der Waals surface area contributed by atoms with Crippen LogP contribution in [0.2, 0.25) is 0 Å². The van der Waals surface area contributed by atoms with Crippen LogP contribution in [-0.2, 0) is 19.4 Å². The van der Waals surface area contributed by atoms with Gasteiger partial charge in [0, 0.05) is 42.7 Å². The lowest BCUT2D eigenvalue weighted by Crippen LogP contribution is -2.47. The lowest BCUT2D eigenvalue weighted by atomic mass is 10.1. The molecule has 0 bridgehead atoms. The maximum absolute atomic E-state index is 4.79. The lowest BCUT2D eigenvalue weighted by molar-refractivity contribution is 0.392. The van der Waals surface area contributed by atoms with E-state index in [0.29, 0.717) is 6.04 Å². The maximum atomic E-state index is 4.79. The summed E-state index contributed by atoms with van der Waals surface area (Å²) in [5, 5.41) is 12.7. The van der Waals surface area contributed by atoms with Crippen molar-refractivity contribution in [2.24, 2.45) is 4.99 Å². The Labute approximate surface area is 165 Å². The van der Waals surface area contributed by atoms with Gasteiger partial charge < -0.3 is 15.6 Å². The molecule has 0 radical (unpaired) electrons. The minimum Gasteiger partial charge on any atom is -0.361 e. The minimum atomic E-state index is 0.333. The van der Waals surface area contributed by atoms with Gasteiger partial charge >= 0.3 is 0 Å². The van der Waals surface area contributed by atoms with Crippen LogP contribution in [0.4, 0.5) is 0 Å². The number of para-hydroxylation sites is 1. The van der Waals surface area contributed by atoms with Crippen molar-refractivity contribution < 1.29 is 0 Å². The number of aliphatic imine (C=N–C) groups is 1. The fraction of sp³-hybridized carbons (Fsp3) is 0.476. The molecule has 0 saturated carbocycles. The van der Waals surface area contributed by atoms with E-state index < -0.39 is 0 Å². The van der Waals surface area contributed by atoms with Crippen LogP contribution in [0.3, 0.4) is 0 Å². The number of H-pyrrole nitrogens is 1. The van der Waals surface area contributed by atoms with E-state index in [4.69, 9.17) is 4.99 Å². The van der Waals surface area contributed by atoms with Gasteiger partial charge in [-0.05, 0) is 44.7 Å². The van der Waals surface area contributed by atoms with Gasteiger partial charge in [-0.25, -0.2) is 9.67 Å². The van der Waals surface area contributed by atoms with Gasteiger partial charge in [0.25, 0.3) is 0 Å². The second kappa shape index (κ2) is 8.46. The lowest BCUT2D eigenvalue weighted by Gasteiger charge is -2.25. The van der Waals surface area contributed by atoms with E-state index in [0.717, 1.165) is 62.9 Å². The number of rotatable bonds is 6. The van der Waals surface area contributed by atoms with E-state index in [2.05, 4.69) is 63.1 Å². The van der Waals surface area contributed by atoms with Crippen molar-refractivity contribution in [1.82, 2.24) is 30.4 Å². The third-order valence-corrected chi connectivity index (χ3v) is 5.20. The smallest absolute Gasteiger partial charge is 0.191 e. The van der Waals surface area contributed by atoms with Gasteiger partial charge in [0.05, 0.1) is 6.54 Å². The highest BCUT2D eigenvalue weighted by atomic mass is 15.4. The number of nitrogens with one attached hydrogen (secondary N) is 3. The summed E-state index contributed by atoms with van der Waals surface area (Å²) in [6, 6.07) is 8.79. The molecule has 3 N–H and O–H groups in total. The van der Waals surface area contributed by atoms with Crippen LogP contribution in [0.5, 0.6) is 0 Å². The standard InChI is InChI=1S/C21H29N7/c1-3-22-21(26-17-10-11-20-25-15(2)27-28(20)14-17)23-12-6-7-16-13-24-19-9-5-4-8-18(16)19/h4-5,8-9,13,17,24H,3,6-7,10-12,14H2,1-2H3,(H2,22,23,26). The number of hydrogen-bond acceptors (Lipinski definition) is 3. The number of aromatic nitrogens is 4. The zero-order valence-electron chi connectivity index (χ0n) is 16.7. The Morgan fingerprint density at radius 2 is 2.25 bits per heavy atom. The summed E-state index contributed by atoms with van der Waals surface area (Å²) in [6.45, 7) is 6.55. The van der Waals surface area contributed by atoms with Crippen molar-refractivity contribution in [1.29, 1.82) is 0 Å². The van der Waals surface area contributed by atoms with E-state index in [9.17, 15) is 0 Å². The highest BCUT2D eigenvalue weighted by Gasteiger charge is 2.21. The molecule has 2 aromatic heterocycles. The van der Waals surface area contributed by atoms with Crippen molar-refractivity contribution >= 4 is 16.9 Å². The zero-order valence-corrected chi connectivity index (χ0v) is 16.7. The molecule has 1 atom stereocenters. The van der Waals surface area contributed by atoms with Crippen molar-refractivity contribution in [2.75, 3.05) is 13.1 Å². The topological polar surface area (TPSA) is 82.9 Å². The average Bonchev–Trinajstić information content (AvgIpc) is 3.27. The van der Waals surface area contributed by atoms with Crippen LogP contribution >= 0.6 is 0 Å². The molecule has 7 heteroatoms. The molecule has 0 amide bonds. The summed E-state index contributed by atoms with van der Waals surface area (Å²) < 4.78 is 2.02. The van der Waals surface area contributed by atoms with Crippen molar-refractivity contribution in [3.8, 4) is 0 Å². The highest BCUT2D eigenvalue weighted by Crippen LogP contribution is 2.19. The number of nitrogens with zero attached hydrogens (tertiary/aromatic N) is 4. The molecule has 1 aliphatic rings. The van der Waals surface area contributed by atoms with Gasteiger partial charge in [-0.3, -0.25) is 4.99 Å². The first-order valence-electron chi connectivity index (χ1n) is 10.2. The van der Waals surface area contributed by atoms with Gasteiger partial charge in [0.15, 0.2) is 5.96 Å². The van der Waals surface area contributed by atoms with E-state index in [1.54, 1.807) is 0 Å². The number of hydrogen-bond donors (Lipinski definition) is 3. The molecule has 0 saturated heterocycles. The zero-order chi connectivity index (χ0) is 19.3. The minimum absolute atomic E-state index is 0.333. The molecule has 7 nitrogen and oxygen atoms in total. The average molecular weight is 380 g/mol. The normalized spacial score (nSPS) is 16.9. The number of aromatic amines is 1. The van der Waals surface area contributed by atoms with Crippen molar-refractivity contribution in [3.63, 3.8) is 0 Å². The predicted octanol–water partition coefficient (Wildman–Crippen LogP) is 2.57. The van der Waals surface area contributed by atoms with E-state index in [-0.39, 0.29) is 0 Å². The molecule has 3 aromatic rings. The van der Waals surface area contributed by atoms with Crippen LogP contribution in [0.25, 0.3) is 10.9 Å². The Morgan fingerprint density at radius 3 is 3.14 bits per heavy atom. The number of fused-ring (bicyclic) bond motifs is 2. The Hall–Kier alpha value is -2.83. The molecule has 1 unspecified atom stereocenters. The fourth-order valence-corrected chi connectivity index (χ4v) is 3.86. The highest BCUT2D eigenvalue weighted by molar-refractivity contribution is 5.83. The summed E-state index contributed by atoms with van der Waals surface area (Å²) in [5.74, 6) is 2.84. The Balaban J connectivity index is 1.32. The molecule has 0 spiro atoms. The van der Waals surface area contributed by atoms with E-state index in [1.807, 2.05) is 11.6 Å². The van der Waals surface area contributed by atoms with Crippen LogP contribution in [0.1, 0.15) is 37.0 Å². The van der Waals surface area contributed by atoms with Crippen LogP contribution in [0, 0.1) is 6.92 Å². The molecular weight excluding hydrogens is 350 g/mol. The summed E-state index contributed by atoms with van der Waals surface area (Å²) >= 11 is 0. The Bertz CT molecular complexity index is 953. The number of guanidine groups is 1. The quantitative estimate of drug-likeness (QED) is 0.349. The first kappa shape index (κ1) is 18.5. The van der Waals surface area contributed by atoms with Gasteiger partial charge in [-0.1, -0.05) is 18.2 Å². The third kappa shape index (κ3) is 4.18. The Kier molecular flexibility index (Phi) is 5.60. The fourth-order valence-electron chi connectivity index (χ4n) is 3.86. The van der Waals surface area contributed by atoms with Gasteiger partial charge in [-0.2, -0.15) is 5.10 Å². The number of aryl methyl sites for hydroxylation is 3. The van der Waals surface area contributed by atoms with Gasteiger partial charge in [0.1, 0.15) is 11.6 Å². The van der Waals surface area contributed by atoms with Gasteiger partial charge in [-0.15, -0.1) is 0 Å². The summed E-state index contributed by atoms with van der Waals surface area (Å²) in [6.07, 6.45) is 6.18. The molecule has 4 rings (SSSR count). The van der Waals surface area contributed by atoms with Crippen molar-refractivity contribution in [2.45, 2.75) is 52.1 Å². The molecule has 28 heavy (non-hydrogen) atoms. The molecule has 148 valence electrons. The van der Waals surface area contributed by atoms with Gasteiger partial charge in [0.2, 0.25) is 0 Å². The Morgan fingerprint density at radius 1 is 1.36 bits per heavy atom. The van der Waals surface area contributed by atoms with Crippen LogP contribution < -0.4 is 10.6 Å². The van der Waals surface area contributed by atoms with Crippen LogP contribution in [0.15, 0.2) is 35.5 Å². The molecule has 1 aliphatic heterocycles. The summed E-state index contributed by atoms with van der Waals surface area (Å²) in [4.78, 5) is 12.6. The summed E-state index contributed by atoms with van der Waals surface area (Å²) in [7, 11) is 0. The predicted molar refractivity (Wildman–Crippen MR) is 113 cm³/mol. The second-order valence-electron chi connectivity index (χ2n) is 7.36. The SMILES string of the molecule is CCNC(=NCCCc1c[nH]c2ccccc12)NC1CCc2nc(C)nn2C1. The largest absolute Gasteiger partial charge is 0.361 e. The number of benzene rings is 1. The molecule has 1 aromatic carbocycles. The second-order valence-corrected chi connectivity index (χ2v) is 7.36. The van der Waals surface area contributed by atoms with E-state index >= 15 is 0 Å². The van der Waals surface area contributed by atoms with E-state index in [1.165, 1.54) is 16.5 Å². The molecular formula is C21H29N7. The monoisotopic (exact) mass is 379 g/mol. The molecule has 0 aliphatic carbocycles. The molecule has 0 fully saturated rings. The first-order valence-corrected chi connectivity index (χ1v) is 10.2. The maximum Gasteiger partial charge on any atom is 0.191 e.